The van der Waals surface area contributed by atoms with Gasteiger partial charge in [0, 0.05) is 57.1 Å². The minimum atomic E-state index is -4.24. The van der Waals surface area contributed by atoms with Crippen molar-refractivity contribution in [1.29, 1.82) is 5.26 Å². The van der Waals surface area contributed by atoms with Gasteiger partial charge in [0.2, 0.25) is 0 Å². The maximum absolute atomic E-state index is 13.4. The van der Waals surface area contributed by atoms with Crippen molar-refractivity contribution >= 4 is 33.1 Å². The van der Waals surface area contributed by atoms with Crippen LogP contribution in [0.25, 0.3) is 5.52 Å². The molecule has 1 aliphatic heterocycles. The Morgan fingerprint density at radius 3 is 2.83 bits per heavy atom. The largest absolute Gasteiger partial charge is 0.383 e. The first kappa shape index (κ1) is 25.0. The summed E-state index contributed by atoms with van der Waals surface area (Å²) in [6, 6.07) is 8.92. The Bertz CT molecular complexity index is 1440. The van der Waals surface area contributed by atoms with E-state index >= 15 is 0 Å². The van der Waals surface area contributed by atoms with E-state index in [0.717, 1.165) is 23.6 Å². The number of nitriles is 1. The highest BCUT2D eigenvalue weighted by atomic mass is 32.2. The molecule has 2 aromatic heterocycles. The summed E-state index contributed by atoms with van der Waals surface area (Å²) >= 11 is 0. The number of sulfonamides is 1. The van der Waals surface area contributed by atoms with E-state index in [9.17, 15) is 18.5 Å². The third-order valence-corrected chi connectivity index (χ3v) is 7.37. The Kier molecular flexibility index (Phi) is 7.44. The first-order valence-corrected chi connectivity index (χ1v) is 12.5. The molecular formula is C22H24N8O5S. The first-order chi connectivity index (χ1) is 17.3. The molecular weight excluding hydrogens is 488 g/mol. The van der Waals surface area contributed by atoms with Crippen molar-refractivity contribution in [2.24, 2.45) is 5.10 Å². The number of morpholine rings is 1. The van der Waals surface area contributed by atoms with Gasteiger partial charge in [-0.2, -0.15) is 28.3 Å². The molecule has 188 valence electrons. The summed E-state index contributed by atoms with van der Waals surface area (Å²) in [6.07, 6.45) is 4.42. The molecule has 0 radical (unpaired) electrons. The van der Waals surface area contributed by atoms with Crippen LogP contribution in [0.3, 0.4) is 0 Å². The monoisotopic (exact) mass is 512 g/mol. The fourth-order valence-electron chi connectivity index (χ4n) is 3.67. The fourth-order valence-corrected chi connectivity index (χ4v) is 4.82. The number of hydrogen-bond acceptors (Lipinski definition) is 10. The Hall–Kier alpha value is -4.06. The zero-order valence-electron chi connectivity index (χ0n) is 19.4. The lowest BCUT2D eigenvalue weighted by atomic mass is 10.2. The minimum absolute atomic E-state index is 0.241. The van der Waals surface area contributed by atoms with Gasteiger partial charge in [-0.1, -0.05) is 0 Å². The van der Waals surface area contributed by atoms with Crippen molar-refractivity contribution in [2.75, 3.05) is 51.8 Å². The van der Waals surface area contributed by atoms with Crippen LogP contribution in [0.1, 0.15) is 11.1 Å². The molecule has 1 saturated heterocycles. The Labute approximate surface area is 207 Å². The van der Waals surface area contributed by atoms with Crippen LogP contribution in [0.4, 0.5) is 11.4 Å². The number of nitrogens with one attached hydrogen (secondary N) is 1. The van der Waals surface area contributed by atoms with E-state index in [0.29, 0.717) is 42.9 Å². The van der Waals surface area contributed by atoms with Crippen molar-refractivity contribution < 1.29 is 18.1 Å². The van der Waals surface area contributed by atoms with Crippen LogP contribution in [0.5, 0.6) is 0 Å². The van der Waals surface area contributed by atoms with Crippen molar-refractivity contribution in [2.45, 2.75) is 4.90 Å². The van der Waals surface area contributed by atoms with E-state index in [1.54, 1.807) is 18.3 Å². The van der Waals surface area contributed by atoms with Crippen LogP contribution in [0.2, 0.25) is 0 Å². The summed E-state index contributed by atoms with van der Waals surface area (Å²) in [7, 11) is -3.00. The van der Waals surface area contributed by atoms with E-state index in [-0.39, 0.29) is 16.3 Å². The summed E-state index contributed by atoms with van der Waals surface area (Å²) in [5.74, 6) is 0. The highest BCUT2D eigenvalue weighted by molar-refractivity contribution is 7.89. The van der Waals surface area contributed by atoms with E-state index in [1.807, 2.05) is 6.07 Å². The van der Waals surface area contributed by atoms with Gasteiger partial charge in [0.25, 0.3) is 15.7 Å². The second-order valence-corrected chi connectivity index (χ2v) is 9.88. The van der Waals surface area contributed by atoms with Gasteiger partial charge in [-0.15, -0.1) is 0 Å². The van der Waals surface area contributed by atoms with Crippen molar-refractivity contribution in [1.82, 2.24) is 18.9 Å². The van der Waals surface area contributed by atoms with Gasteiger partial charge in [-0.05, 0) is 18.2 Å². The van der Waals surface area contributed by atoms with Gasteiger partial charge in [0.05, 0.1) is 53.4 Å². The highest BCUT2D eigenvalue weighted by Gasteiger charge is 2.26. The number of fused-ring (bicyclic) bond motifs is 1. The summed E-state index contributed by atoms with van der Waals surface area (Å²) in [5.41, 5.74) is 1.38. The summed E-state index contributed by atoms with van der Waals surface area (Å²) < 4.78 is 34.4. The Balaban J connectivity index is 1.58. The molecule has 3 aromatic rings. The molecule has 0 spiro atoms. The molecule has 1 aliphatic rings. The van der Waals surface area contributed by atoms with Gasteiger partial charge >= 0.3 is 0 Å². The molecule has 1 aromatic carbocycles. The van der Waals surface area contributed by atoms with Gasteiger partial charge in [0.1, 0.15) is 4.90 Å². The molecule has 14 heteroatoms. The van der Waals surface area contributed by atoms with E-state index in [2.05, 4.69) is 20.4 Å². The van der Waals surface area contributed by atoms with Crippen LogP contribution in [0.15, 0.2) is 52.7 Å². The minimum Gasteiger partial charge on any atom is -0.383 e. The van der Waals surface area contributed by atoms with Gasteiger partial charge in [-0.3, -0.25) is 15.0 Å². The molecule has 3 heterocycles. The molecule has 4 rings (SSSR count). The SMILES string of the molecule is CN(/N=C\c1cnn2ccc(C#N)cc12)S(=O)(=O)c1cc([N+](=O)[O-])ccc1NCCN1CCOCC1. The molecule has 0 bridgehead atoms. The number of hydrogen-bond donors (Lipinski definition) is 1. The Morgan fingerprint density at radius 1 is 1.33 bits per heavy atom. The van der Waals surface area contributed by atoms with Gasteiger partial charge in [-0.25, -0.2) is 4.52 Å². The third-order valence-electron chi connectivity index (χ3n) is 5.69. The zero-order valence-corrected chi connectivity index (χ0v) is 20.3. The van der Waals surface area contributed by atoms with Gasteiger partial charge < -0.3 is 10.1 Å². The lowest BCUT2D eigenvalue weighted by Gasteiger charge is -2.26. The van der Waals surface area contributed by atoms with Crippen LogP contribution < -0.4 is 5.32 Å². The molecule has 0 atom stereocenters. The summed E-state index contributed by atoms with van der Waals surface area (Å²) in [5, 5.41) is 31.8. The number of anilines is 1. The van der Waals surface area contributed by atoms with E-state index in [1.165, 1.54) is 36.1 Å². The molecule has 0 amide bonds. The quantitative estimate of drug-likeness (QED) is 0.255. The van der Waals surface area contributed by atoms with Crippen molar-refractivity contribution in [3.63, 3.8) is 0 Å². The lowest BCUT2D eigenvalue weighted by Crippen LogP contribution is -2.39. The predicted molar refractivity (Wildman–Crippen MR) is 131 cm³/mol. The first-order valence-electron chi connectivity index (χ1n) is 11.0. The number of nitro groups is 1. The molecule has 1 N–H and O–H groups in total. The molecule has 1 fully saturated rings. The molecule has 36 heavy (non-hydrogen) atoms. The third kappa shape index (κ3) is 5.43. The smallest absolute Gasteiger partial charge is 0.281 e. The van der Waals surface area contributed by atoms with Crippen molar-refractivity contribution in [3.8, 4) is 6.07 Å². The van der Waals surface area contributed by atoms with E-state index in [4.69, 9.17) is 10.00 Å². The highest BCUT2D eigenvalue weighted by Crippen LogP contribution is 2.29. The summed E-state index contributed by atoms with van der Waals surface area (Å²) in [4.78, 5) is 12.6. The van der Waals surface area contributed by atoms with Crippen LogP contribution in [0, 0.1) is 21.4 Å². The number of aromatic nitrogens is 2. The Morgan fingerprint density at radius 2 is 2.11 bits per heavy atom. The number of pyridine rings is 1. The number of nitro benzene ring substituents is 1. The number of nitrogens with zero attached hydrogens (tertiary/aromatic N) is 7. The number of rotatable bonds is 9. The molecule has 0 unspecified atom stereocenters. The van der Waals surface area contributed by atoms with E-state index < -0.39 is 14.9 Å². The predicted octanol–water partition coefficient (Wildman–Crippen LogP) is 1.51. The summed E-state index contributed by atoms with van der Waals surface area (Å²) in [6.45, 7) is 3.95. The average Bonchev–Trinajstić information content (AvgIpc) is 3.29. The number of benzene rings is 1. The maximum Gasteiger partial charge on any atom is 0.281 e. The topological polar surface area (TPSA) is 158 Å². The van der Waals surface area contributed by atoms with Gasteiger partial charge in [0.15, 0.2) is 0 Å². The number of ether oxygens (including phenoxy) is 1. The van der Waals surface area contributed by atoms with Crippen LogP contribution in [-0.2, 0) is 14.8 Å². The zero-order chi connectivity index (χ0) is 25.7. The average molecular weight is 513 g/mol. The standard InChI is InChI=1S/C22H24N8O5S/c1-27(25-15-18-16-26-29-6-4-17(14-23)12-21(18)29)36(33,34)22-13-19(30(31)32)2-3-20(22)24-5-7-28-8-10-35-11-9-28/h2-4,6,12-13,15-16,24H,5,7-11H2,1H3/b25-15-. The second kappa shape index (κ2) is 10.7. The molecule has 13 nitrogen and oxygen atoms in total. The fraction of sp³-hybridized carbons (Fsp3) is 0.318. The van der Waals surface area contributed by atoms with Crippen LogP contribution in [-0.4, -0.2) is 84.9 Å². The normalized spacial score (nSPS) is 14.7. The lowest BCUT2D eigenvalue weighted by molar-refractivity contribution is -0.385. The van der Waals surface area contributed by atoms with Crippen molar-refractivity contribution in [3.05, 3.63) is 64.0 Å². The number of hydrazone groups is 1. The molecule has 0 saturated carbocycles. The maximum atomic E-state index is 13.4. The number of non-ortho nitro benzene ring substituents is 1. The second-order valence-electron chi connectivity index (χ2n) is 7.96. The molecule has 0 aliphatic carbocycles. The van der Waals surface area contributed by atoms with Crippen LogP contribution >= 0.6 is 0 Å².